The lowest BCUT2D eigenvalue weighted by Crippen LogP contribution is -1.60. The van der Waals surface area contributed by atoms with Gasteiger partial charge in [-0.1, -0.05) is 0 Å². The van der Waals surface area contributed by atoms with Gasteiger partial charge in [-0.3, -0.25) is 0 Å². The maximum Gasteiger partial charge on any atom is 0.0807 e. The van der Waals surface area contributed by atoms with Gasteiger partial charge in [0.05, 0.1) is 7.78 Å². The highest BCUT2D eigenvalue weighted by atomic mass is 127. The third-order valence-corrected chi connectivity index (χ3v) is 3.95. The zero-order valence-electron chi connectivity index (χ0n) is 4.50. The fourth-order valence-electron chi connectivity index (χ4n) is 0.415. The minimum Gasteiger partial charge on any atom is -0.227 e. The highest BCUT2D eigenvalue weighted by molar-refractivity contribution is 14.1. The van der Waals surface area contributed by atoms with E-state index >= 15 is 0 Å². The molecule has 0 fully saturated rings. The standard InChI is InChI=1S/C5H4INS2/c1-7-9-4-2-3-8-5(4)6/h2-3H,1H2. The molecule has 0 aromatic carbocycles. The van der Waals surface area contributed by atoms with Crippen LogP contribution in [0.25, 0.3) is 0 Å². The van der Waals surface area contributed by atoms with Crippen LogP contribution in [0.15, 0.2) is 20.7 Å². The second-order valence-corrected chi connectivity index (χ2v) is 4.89. The molecule has 9 heavy (non-hydrogen) atoms. The van der Waals surface area contributed by atoms with Crippen molar-refractivity contribution >= 4 is 52.6 Å². The van der Waals surface area contributed by atoms with Crippen LogP contribution in [0.3, 0.4) is 0 Å². The summed E-state index contributed by atoms with van der Waals surface area (Å²) in [6.07, 6.45) is 0. The summed E-state index contributed by atoms with van der Waals surface area (Å²) >= 11 is 5.44. The number of nitrogens with zero attached hydrogens (tertiary/aromatic N) is 1. The minimum atomic E-state index is 1.20. The molecule has 1 heterocycles. The molecule has 0 N–H and O–H groups in total. The Morgan fingerprint density at radius 2 is 2.56 bits per heavy atom. The highest BCUT2D eigenvalue weighted by Gasteiger charge is 1.97. The first-order valence-electron chi connectivity index (χ1n) is 2.20. The summed E-state index contributed by atoms with van der Waals surface area (Å²) in [5.74, 6) is 0. The average Bonchev–Trinajstić information content (AvgIpc) is 2.18. The SMILES string of the molecule is C=NSc1ccsc1I. The summed E-state index contributed by atoms with van der Waals surface area (Å²) in [5.41, 5.74) is 0. The molecule has 0 amide bonds. The summed E-state index contributed by atoms with van der Waals surface area (Å²) in [6, 6.07) is 2.05. The van der Waals surface area contributed by atoms with Gasteiger partial charge in [0.15, 0.2) is 0 Å². The van der Waals surface area contributed by atoms with E-state index in [-0.39, 0.29) is 0 Å². The van der Waals surface area contributed by atoms with Gasteiger partial charge in [0.25, 0.3) is 0 Å². The molecule has 0 saturated heterocycles. The van der Waals surface area contributed by atoms with E-state index in [9.17, 15) is 0 Å². The van der Waals surface area contributed by atoms with Crippen molar-refractivity contribution in [3.8, 4) is 0 Å². The number of hydrogen-bond acceptors (Lipinski definition) is 3. The molecule has 0 aliphatic rings. The Morgan fingerprint density at radius 1 is 1.78 bits per heavy atom. The molecule has 48 valence electrons. The Bertz CT molecular complexity index is 208. The summed E-state index contributed by atoms with van der Waals surface area (Å²) in [5, 5.41) is 2.05. The maximum absolute atomic E-state index is 3.71. The van der Waals surface area contributed by atoms with E-state index in [0.717, 1.165) is 0 Å². The van der Waals surface area contributed by atoms with Crippen LogP contribution in [-0.4, -0.2) is 6.72 Å². The molecule has 4 heteroatoms. The maximum atomic E-state index is 3.71. The molecule has 1 nitrogen and oxygen atoms in total. The van der Waals surface area contributed by atoms with Crippen molar-refractivity contribution < 1.29 is 0 Å². The third-order valence-electron chi connectivity index (χ3n) is 0.748. The fraction of sp³-hybridized carbons (Fsp3) is 0. The second-order valence-electron chi connectivity index (χ2n) is 1.28. The van der Waals surface area contributed by atoms with Gasteiger partial charge in [0, 0.05) is 11.9 Å². The molecule has 0 bridgehead atoms. The van der Waals surface area contributed by atoms with Crippen molar-refractivity contribution in [2.45, 2.75) is 4.90 Å². The topological polar surface area (TPSA) is 12.4 Å². The van der Waals surface area contributed by atoms with Gasteiger partial charge in [-0.25, -0.2) is 4.40 Å². The van der Waals surface area contributed by atoms with Gasteiger partial charge < -0.3 is 0 Å². The van der Waals surface area contributed by atoms with Crippen molar-refractivity contribution in [3.63, 3.8) is 0 Å². The Morgan fingerprint density at radius 3 is 3.00 bits per heavy atom. The molecule has 0 spiro atoms. The van der Waals surface area contributed by atoms with Crippen LogP contribution < -0.4 is 0 Å². The van der Waals surface area contributed by atoms with Crippen molar-refractivity contribution in [2.24, 2.45) is 4.40 Å². The summed E-state index contributed by atoms with van der Waals surface area (Å²) < 4.78 is 4.99. The lowest BCUT2D eigenvalue weighted by molar-refractivity contribution is 1.54. The number of thiophene rings is 1. The molecule has 0 aliphatic carbocycles. The third kappa shape index (κ3) is 1.94. The Kier molecular flexibility index (Phi) is 3.00. The molecule has 1 aromatic rings. The Balaban J connectivity index is 2.80. The van der Waals surface area contributed by atoms with E-state index < -0.39 is 0 Å². The van der Waals surface area contributed by atoms with E-state index in [1.165, 1.54) is 19.7 Å². The van der Waals surface area contributed by atoms with Crippen molar-refractivity contribution in [2.75, 3.05) is 0 Å². The van der Waals surface area contributed by atoms with E-state index in [2.05, 4.69) is 39.1 Å². The van der Waals surface area contributed by atoms with E-state index in [1.54, 1.807) is 11.3 Å². The molecule has 0 saturated carbocycles. The number of halogens is 1. The van der Waals surface area contributed by atoms with Crippen LogP contribution in [0.4, 0.5) is 0 Å². The van der Waals surface area contributed by atoms with Crippen LogP contribution in [0.1, 0.15) is 0 Å². The molecule has 1 rings (SSSR count). The van der Waals surface area contributed by atoms with E-state index in [0.29, 0.717) is 0 Å². The van der Waals surface area contributed by atoms with Crippen molar-refractivity contribution in [3.05, 3.63) is 14.3 Å². The molecule has 0 atom stereocenters. The van der Waals surface area contributed by atoms with Gasteiger partial charge in [0.1, 0.15) is 0 Å². The van der Waals surface area contributed by atoms with Crippen LogP contribution in [0, 0.1) is 2.88 Å². The predicted octanol–water partition coefficient (Wildman–Crippen LogP) is 3.06. The molecule has 0 aliphatic heterocycles. The monoisotopic (exact) mass is 269 g/mol. The van der Waals surface area contributed by atoms with E-state index in [4.69, 9.17) is 0 Å². The zero-order chi connectivity index (χ0) is 6.69. The van der Waals surface area contributed by atoms with Gasteiger partial charge in [-0.15, -0.1) is 11.3 Å². The largest absolute Gasteiger partial charge is 0.227 e. The molecule has 0 radical (unpaired) electrons. The summed E-state index contributed by atoms with van der Waals surface area (Å²) in [7, 11) is 0. The van der Waals surface area contributed by atoms with Crippen LogP contribution >= 0.6 is 45.9 Å². The molecule has 0 unspecified atom stereocenters. The first-order chi connectivity index (χ1) is 4.34. The average molecular weight is 269 g/mol. The second kappa shape index (κ2) is 3.58. The molecule has 1 aromatic heterocycles. The molecular weight excluding hydrogens is 265 g/mol. The lowest BCUT2D eigenvalue weighted by atomic mass is 10.7. The quantitative estimate of drug-likeness (QED) is 0.456. The normalized spacial score (nSPS) is 9.44. The highest BCUT2D eigenvalue weighted by Crippen LogP contribution is 2.28. The van der Waals surface area contributed by atoms with Gasteiger partial charge in [0.2, 0.25) is 0 Å². The van der Waals surface area contributed by atoms with E-state index in [1.807, 2.05) is 6.07 Å². The van der Waals surface area contributed by atoms with Gasteiger partial charge in [-0.2, -0.15) is 0 Å². The summed E-state index contributed by atoms with van der Waals surface area (Å²) in [4.78, 5) is 1.20. The Hall–Kier alpha value is 0.450. The van der Waals surface area contributed by atoms with Gasteiger partial charge in [-0.05, 0) is 40.8 Å². The van der Waals surface area contributed by atoms with Crippen LogP contribution in [-0.2, 0) is 0 Å². The zero-order valence-corrected chi connectivity index (χ0v) is 8.29. The lowest BCUT2D eigenvalue weighted by Gasteiger charge is -1.86. The summed E-state index contributed by atoms with van der Waals surface area (Å²) in [6.45, 7) is 3.39. The van der Waals surface area contributed by atoms with Crippen LogP contribution in [0.5, 0.6) is 0 Å². The first-order valence-corrected chi connectivity index (χ1v) is 4.94. The fourth-order valence-corrected chi connectivity index (χ4v) is 2.52. The minimum absolute atomic E-state index is 1.20. The predicted molar refractivity (Wildman–Crippen MR) is 52.4 cm³/mol. The van der Waals surface area contributed by atoms with Crippen molar-refractivity contribution in [1.82, 2.24) is 0 Å². The van der Waals surface area contributed by atoms with Crippen LogP contribution in [0.2, 0.25) is 0 Å². The van der Waals surface area contributed by atoms with Crippen molar-refractivity contribution in [1.29, 1.82) is 0 Å². The Labute approximate surface area is 75.9 Å². The smallest absolute Gasteiger partial charge is 0.0807 e. The molecular formula is C5H4INS2. The number of rotatable bonds is 2. The van der Waals surface area contributed by atoms with Gasteiger partial charge >= 0.3 is 0 Å². The number of hydrogen-bond donors (Lipinski definition) is 0. The first kappa shape index (κ1) is 7.56.